The van der Waals surface area contributed by atoms with Gasteiger partial charge in [-0.15, -0.1) is 21.5 Å². The minimum absolute atomic E-state index is 0.100. The van der Waals surface area contributed by atoms with E-state index >= 15 is 0 Å². The van der Waals surface area contributed by atoms with Gasteiger partial charge in [0.1, 0.15) is 16.5 Å². The van der Waals surface area contributed by atoms with E-state index in [9.17, 15) is 4.79 Å². The summed E-state index contributed by atoms with van der Waals surface area (Å²) in [5, 5.41) is 15.7. The van der Waals surface area contributed by atoms with E-state index in [-0.39, 0.29) is 11.9 Å². The number of rotatable bonds is 10. The molecule has 3 heterocycles. The molecule has 0 atom stereocenters. The second-order valence-corrected chi connectivity index (χ2v) is 12.0. The van der Waals surface area contributed by atoms with Gasteiger partial charge in [0, 0.05) is 42.3 Å². The minimum atomic E-state index is -0.100. The van der Waals surface area contributed by atoms with Gasteiger partial charge in [-0.2, -0.15) is 0 Å². The molecule has 10 heteroatoms. The number of benzene rings is 3. The summed E-state index contributed by atoms with van der Waals surface area (Å²) >= 11 is 3.05. The lowest BCUT2D eigenvalue weighted by Crippen LogP contribution is -2.44. The minimum Gasteiger partial charge on any atom is -0.497 e. The molecule has 0 aliphatic carbocycles. The summed E-state index contributed by atoms with van der Waals surface area (Å²) in [6.45, 7) is 2.89. The molecule has 3 aromatic carbocycles. The van der Waals surface area contributed by atoms with Crippen LogP contribution in [0.15, 0.2) is 95.5 Å². The van der Waals surface area contributed by atoms with Crippen molar-refractivity contribution in [1.29, 1.82) is 0 Å². The Balaban J connectivity index is 1.08. The number of thioether (sulfide) groups is 1. The molecule has 42 heavy (non-hydrogen) atoms. The van der Waals surface area contributed by atoms with Crippen LogP contribution < -0.4 is 10.1 Å². The second kappa shape index (κ2) is 13.3. The highest BCUT2D eigenvalue weighted by atomic mass is 32.2. The van der Waals surface area contributed by atoms with Crippen LogP contribution in [0.25, 0.3) is 17.1 Å². The van der Waals surface area contributed by atoms with Crippen LogP contribution in [0.5, 0.6) is 5.75 Å². The van der Waals surface area contributed by atoms with Crippen molar-refractivity contribution in [3.8, 4) is 22.8 Å². The molecule has 5 aromatic rings. The van der Waals surface area contributed by atoms with E-state index in [0.717, 1.165) is 65.5 Å². The molecule has 214 valence electrons. The van der Waals surface area contributed by atoms with Crippen LogP contribution in [0.4, 0.5) is 0 Å². The van der Waals surface area contributed by atoms with Gasteiger partial charge in [0.05, 0.1) is 12.9 Å². The largest absolute Gasteiger partial charge is 0.497 e. The van der Waals surface area contributed by atoms with Crippen molar-refractivity contribution < 1.29 is 9.53 Å². The number of thiazole rings is 1. The van der Waals surface area contributed by atoms with Gasteiger partial charge in [-0.3, -0.25) is 14.3 Å². The molecule has 0 radical (unpaired) electrons. The highest BCUT2D eigenvalue weighted by Gasteiger charge is 2.23. The third kappa shape index (κ3) is 6.73. The number of hydrogen-bond donors (Lipinski definition) is 1. The van der Waals surface area contributed by atoms with E-state index < -0.39 is 0 Å². The Kier molecular flexibility index (Phi) is 8.93. The molecule has 0 unspecified atom stereocenters. The number of amides is 1. The van der Waals surface area contributed by atoms with Crippen molar-refractivity contribution in [2.24, 2.45) is 0 Å². The molecule has 1 fully saturated rings. The molecular formula is C32H32N6O2S2. The Bertz CT molecular complexity index is 1610. The van der Waals surface area contributed by atoms with Crippen LogP contribution in [0.2, 0.25) is 0 Å². The number of carbonyl (C=O) groups is 1. The van der Waals surface area contributed by atoms with Gasteiger partial charge in [0.25, 0.3) is 5.91 Å². The lowest BCUT2D eigenvalue weighted by atomic mass is 10.0. The SMILES string of the molecule is COc1cccc(-c2nnc(SCc3nc(C(=O)NC4CCN(Cc5ccccc5)CC4)cs3)n2-c2ccccc2)c1. The molecule has 0 spiro atoms. The Labute approximate surface area is 253 Å². The second-order valence-electron chi connectivity index (χ2n) is 10.1. The molecule has 0 saturated carbocycles. The van der Waals surface area contributed by atoms with Crippen LogP contribution >= 0.6 is 23.1 Å². The number of carbonyl (C=O) groups excluding carboxylic acids is 1. The summed E-state index contributed by atoms with van der Waals surface area (Å²) in [7, 11) is 1.65. The molecule has 2 aromatic heterocycles. The fourth-order valence-corrected chi connectivity index (χ4v) is 6.81. The summed E-state index contributed by atoms with van der Waals surface area (Å²) in [5.74, 6) is 1.97. The fraction of sp³-hybridized carbons (Fsp3) is 0.250. The van der Waals surface area contributed by atoms with Crippen molar-refractivity contribution >= 4 is 29.0 Å². The molecule has 1 aliphatic heterocycles. The first-order chi connectivity index (χ1) is 20.7. The number of likely N-dealkylation sites (tertiary alicyclic amines) is 1. The maximum Gasteiger partial charge on any atom is 0.270 e. The first kappa shape index (κ1) is 28.1. The van der Waals surface area contributed by atoms with Crippen molar-refractivity contribution in [2.75, 3.05) is 20.2 Å². The summed E-state index contributed by atoms with van der Waals surface area (Å²) in [6, 6.07) is 28.6. The smallest absolute Gasteiger partial charge is 0.270 e. The number of hydrogen-bond acceptors (Lipinski definition) is 8. The number of methoxy groups -OCH3 is 1. The molecule has 6 rings (SSSR count). The van der Waals surface area contributed by atoms with Crippen LogP contribution in [0.3, 0.4) is 0 Å². The molecule has 1 amide bonds. The zero-order valence-corrected chi connectivity index (χ0v) is 25.0. The molecule has 1 N–H and O–H groups in total. The highest BCUT2D eigenvalue weighted by molar-refractivity contribution is 7.98. The van der Waals surface area contributed by atoms with Gasteiger partial charge in [-0.1, -0.05) is 72.4 Å². The van der Waals surface area contributed by atoms with E-state index in [1.54, 1.807) is 18.9 Å². The van der Waals surface area contributed by atoms with Gasteiger partial charge in [0.2, 0.25) is 0 Å². The normalized spacial score (nSPS) is 14.1. The standard InChI is InChI=1S/C32H32N6O2S2/c1-40-27-14-8-11-24(19-27)30-35-36-32(38(30)26-12-6-3-7-13-26)42-22-29-34-28(21-41-29)31(39)33-25-15-17-37(18-16-25)20-23-9-4-2-5-10-23/h2-14,19,21,25H,15-18,20,22H2,1H3,(H,33,39). The van der Waals surface area contributed by atoms with Crippen LogP contribution in [0, 0.1) is 0 Å². The number of aromatic nitrogens is 4. The monoisotopic (exact) mass is 596 g/mol. The highest BCUT2D eigenvalue weighted by Crippen LogP contribution is 2.31. The first-order valence-corrected chi connectivity index (χ1v) is 15.8. The number of nitrogens with zero attached hydrogens (tertiary/aromatic N) is 5. The number of piperidine rings is 1. The zero-order chi connectivity index (χ0) is 28.7. The van der Waals surface area contributed by atoms with Crippen molar-refractivity contribution in [1.82, 2.24) is 30.0 Å². The van der Waals surface area contributed by atoms with Gasteiger partial charge in [0.15, 0.2) is 11.0 Å². The molecule has 1 saturated heterocycles. The third-order valence-corrected chi connectivity index (χ3v) is 9.23. The quantitative estimate of drug-likeness (QED) is 0.196. The van der Waals surface area contributed by atoms with Crippen LogP contribution in [0.1, 0.15) is 33.9 Å². The van der Waals surface area contributed by atoms with Crippen molar-refractivity contribution in [3.63, 3.8) is 0 Å². The van der Waals surface area contributed by atoms with Crippen molar-refractivity contribution in [3.05, 3.63) is 107 Å². The Morgan fingerprint density at radius 3 is 2.52 bits per heavy atom. The van der Waals surface area contributed by atoms with E-state index in [0.29, 0.717) is 11.4 Å². The molecule has 8 nitrogen and oxygen atoms in total. The summed E-state index contributed by atoms with van der Waals surface area (Å²) in [5.41, 5.74) is 3.68. The maximum atomic E-state index is 13.0. The van der Waals surface area contributed by atoms with Crippen LogP contribution in [-0.2, 0) is 12.3 Å². The lowest BCUT2D eigenvalue weighted by molar-refractivity contribution is 0.0904. The number of nitrogens with one attached hydrogen (secondary N) is 1. The van der Waals surface area contributed by atoms with Gasteiger partial charge < -0.3 is 10.1 Å². The maximum absolute atomic E-state index is 13.0. The predicted octanol–water partition coefficient (Wildman–Crippen LogP) is 6.09. The molecule has 1 aliphatic rings. The van der Waals surface area contributed by atoms with E-state index in [2.05, 4.69) is 49.7 Å². The number of ether oxygens (including phenoxy) is 1. The van der Waals surface area contributed by atoms with E-state index in [1.807, 2.05) is 70.6 Å². The average Bonchev–Trinajstić information content (AvgIpc) is 3.70. The van der Waals surface area contributed by atoms with E-state index in [4.69, 9.17) is 4.74 Å². The average molecular weight is 597 g/mol. The van der Waals surface area contributed by atoms with Gasteiger partial charge >= 0.3 is 0 Å². The Morgan fingerprint density at radius 1 is 1.00 bits per heavy atom. The first-order valence-electron chi connectivity index (χ1n) is 14.0. The fourth-order valence-electron chi connectivity index (χ4n) is 5.07. The topological polar surface area (TPSA) is 85.2 Å². The summed E-state index contributed by atoms with van der Waals surface area (Å²) in [6.07, 6.45) is 1.88. The van der Waals surface area contributed by atoms with Crippen molar-refractivity contribution in [2.45, 2.75) is 36.3 Å². The third-order valence-electron chi connectivity index (χ3n) is 7.26. The summed E-state index contributed by atoms with van der Waals surface area (Å²) < 4.78 is 7.47. The van der Waals surface area contributed by atoms with Crippen LogP contribution in [-0.4, -0.2) is 56.8 Å². The Hall–Kier alpha value is -3.99. The molecule has 0 bridgehead atoms. The summed E-state index contributed by atoms with van der Waals surface area (Å²) in [4.78, 5) is 20.1. The molecular weight excluding hydrogens is 565 g/mol. The number of para-hydroxylation sites is 1. The van der Waals surface area contributed by atoms with Gasteiger partial charge in [-0.05, 0) is 42.7 Å². The predicted molar refractivity (Wildman–Crippen MR) is 167 cm³/mol. The van der Waals surface area contributed by atoms with Gasteiger partial charge in [-0.25, -0.2) is 4.98 Å². The lowest BCUT2D eigenvalue weighted by Gasteiger charge is -2.32. The zero-order valence-electron chi connectivity index (χ0n) is 23.3. The van der Waals surface area contributed by atoms with E-state index in [1.165, 1.54) is 16.9 Å². The Morgan fingerprint density at radius 2 is 1.76 bits per heavy atom.